The summed E-state index contributed by atoms with van der Waals surface area (Å²) < 4.78 is 22.7. The summed E-state index contributed by atoms with van der Waals surface area (Å²) in [4.78, 5) is 19.5. The molecule has 0 aromatic heterocycles. The zero-order chi connectivity index (χ0) is 21.1. The van der Waals surface area contributed by atoms with Crippen molar-refractivity contribution in [2.24, 2.45) is 10.1 Å². The van der Waals surface area contributed by atoms with E-state index in [0.29, 0.717) is 25.2 Å². The van der Waals surface area contributed by atoms with Crippen molar-refractivity contribution in [2.45, 2.75) is 17.9 Å². The monoisotopic (exact) mass is 419 g/mol. The fraction of sp³-hybridized carbons (Fsp3) is 0.130. The SMILES string of the molecule is NS(=O)(=O)c1ccc(CCN=C2C(=O)N(Cc3ccccc3)c3ccccc32)cc1. The maximum Gasteiger partial charge on any atom is 0.277 e. The van der Waals surface area contributed by atoms with E-state index >= 15 is 0 Å². The highest BCUT2D eigenvalue weighted by atomic mass is 32.2. The minimum atomic E-state index is -3.70. The number of aliphatic imine (C=N–C) groups is 1. The Hall–Kier alpha value is -3.29. The summed E-state index contributed by atoms with van der Waals surface area (Å²) in [6, 6.07) is 23.9. The van der Waals surface area contributed by atoms with Gasteiger partial charge in [0, 0.05) is 12.1 Å². The third-order valence-corrected chi connectivity index (χ3v) is 5.93. The minimum Gasteiger partial charge on any atom is -0.302 e. The Bertz CT molecular complexity index is 1200. The van der Waals surface area contributed by atoms with Gasteiger partial charge in [-0.05, 0) is 35.7 Å². The van der Waals surface area contributed by atoms with Crippen molar-refractivity contribution in [3.63, 3.8) is 0 Å². The van der Waals surface area contributed by atoms with Crippen LogP contribution < -0.4 is 10.0 Å². The first-order valence-electron chi connectivity index (χ1n) is 9.55. The van der Waals surface area contributed by atoms with E-state index in [1.807, 2.05) is 54.6 Å². The minimum absolute atomic E-state index is 0.0778. The molecular weight excluding hydrogens is 398 g/mol. The van der Waals surface area contributed by atoms with E-state index in [0.717, 1.165) is 22.4 Å². The molecule has 152 valence electrons. The van der Waals surface area contributed by atoms with Gasteiger partial charge >= 0.3 is 0 Å². The van der Waals surface area contributed by atoms with Crippen LogP contribution in [0.5, 0.6) is 0 Å². The summed E-state index contributed by atoms with van der Waals surface area (Å²) >= 11 is 0. The molecule has 0 saturated carbocycles. The zero-order valence-corrected chi connectivity index (χ0v) is 17.0. The first kappa shape index (κ1) is 20.0. The van der Waals surface area contributed by atoms with Crippen molar-refractivity contribution in [1.82, 2.24) is 0 Å². The number of rotatable bonds is 6. The lowest BCUT2D eigenvalue weighted by Gasteiger charge is -2.16. The number of anilines is 1. The van der Waals surface area contributed by atoms with E-state index in [2.05, 4.69) is 4.99 Å². The molecule has 1 aliphatic heterocycles. The van der Waals surface area contributed by atoms with Crippen molar-refractivity contribution >= 4 is 27.3 Å². The molecule has 1 heterocycles. The zero-order valence-electron chi connectivity index (χ0n) is 16.2. The molecule has 2 N–H and O–H groups in total. The molecule has 0 radical (unpaired) electrons. The second-order valence-electron chi connectivity index (χ2n) is 7.06. The fourth-order valence-electron chi connectivity index (χ4n) is 3.48. The van der Waals surface area contributed by atoms with Gasteiger partial charge in [-0.25, -0.2) is 13.6 Å². The van der Waals surface area contributed by atoms with E-state index in [-0.39, 0.29) is 10.8 Å². The van der Waals surface area contributed by atoms with Crippen LogP contribution in [0.2, 0.25) is 0 Å². The average Bonchev–Trinajstić information content (AvgIpc) is 3.00. The summed E-state index contributed by atoms with van der Waals surface area (Å²) in [5, 5.41) is 5.13. The maximum atomic E-state index is 13.1. The number of nitrogens with two attached hydrogens (primary N) is 1. The molecular formula is C23H21N3O3S. The first-order valence-corrected chi connectivity index (χ1v) is 11.1. The van der Waals surface area contributed by atoms with Crippen LogP contribution in [0.15, 0.2) is 88.8 Å². The molecule has 7 heteroatoms. The maximum absolute atomic E-state index is 13.1. The molecule has 0 unspecified atom stereocenters. The van der Waals surface area contributed by atoms with Crippen LogP contribution in [0.25, 0.3) is 0 Å². The lowest BCUT2D eigenvalue weighted by atomic mass is 10.1. The lowest BCUT2D eigenvalue weighted by Crippen LogP contribution is -2.29. The summed E-state index contributed by atoms with van der Waals surface area (Å²) in [6.07, 6.45) is 0.586. The van der Waals surface area contributed by atoms with Gasteiger partial charge in [0.15, 0.2) is 0 Å². The molecule has 6 nitrogen and oxygen atoms in total. The number of sulfonamides is 1. The van der Waals surface area contributed by atoms with Crippen LogP contribution in [0.1, 0.15) is 16.7 Å². The second kappa shape index (κ2) is 8.22. The number of hydrogen-bond donors (Lipinski definition) is 1. The Labute approximate surface area is 175 Å². The number of benzene rings is 3. The Morgan fingerprint density at radius 2 is 1.50 bits per heavy atom. The number of para-hydroxylation sites is 1. The van der Waals surface area contributed by atoms with Gasteiger partial charge < -0.3 is 4.90 Å². The van der Waals surface area contributed by atoms with Crippen LogP contribution >= 0.6 is 0 Å². The number of amides is 1. The highest BCUT2D eigenvalue weighted by Crippen LogP contribution is 2.30. The third-order valence-electron chi connectivity index (χ3n) is 5.00. The topological polar surface area (TPSA) is 92.8 Å². The predicted octanol–water partition coefficient (Wildman–Crippen LogP) is 2.91. The molecule has 4 rings (SSSR count). The number of fused-ring (bicyclic) bond motifs is 1. The molecule has 3 aromatic rings. The van der Waals surface area contributed by atoms with Crippen molar-refractivity contribution in [2.75, 3.05) is 11.4 Å². The molecule has 3 aromatic carbocycles. The smallest absolute Gasteiger partial charge is 0.277 e. The van der Waals surface area contributed by atoms with Crippen molar-refractivity contribution < 1.29 is 13.2 Å². The summed E-state index contributed by atoms with van der Waals surface area (Å²) in [7, 11) is -3.70. The molecule has 0 aliphatic carbocycles. The van der Waals surface area contributed by atoms with Gasteiger partial charge in [-0.15, -0.1) is 0 Å². The molecule has 1 aliphatic rings. The number of carbonyl (C=O) groups excluding carboxylic acids is 1. The summed E-state index contributed by atoms with van der Waals surface area (Å²) in [6.45, 7) is 0.911. The number of carbonyl (C=O) groups is 1. The standard InChI is InChI=1S/C23H21N3O3S/c24-30(28,29)19-12-10-17(11-13-19)14-15-25-22-20-8-4-5-9-21(20)26(23(22)27)16-18-6-2-1-3-7-18/h1-13H,14-16H2,(H2,24,28,29). The number of hydrogen-bond acceptors (Lipinski definition) is 4. The van der Waals surface area contributed by atoms with Crippen molar-refractivity contribution in [3.05, 3.63) is 95.6 Å². The summed E-state index contributed by atoms with van der Waals surface area (Å²) in [5.41, 5.74) is 4.14. The average molecular weight is 420 g/mol. The van der Waals surface area contributed by atoms with Crippen LogP contribution in [0.4, 0.5) is 5.69 Å². The number of nitrogens with zero attached hydrogens (tertiary/aromatic N) is 2. The van der Waals surface area contributed by atoms with E-state index in [9.17, 15) is 13.2 Å². The van der Waals surface area contributed by atoms with Gasteiger partial charge in [0.1, 0.15) is 5.71 Å². The fourth-order valence-corrected chi connectivity index (χ4v) is 4.00. The van der Waals surface area contributed by atoms with Crippen molar-refractivity contribution in [1.29, 1.82) is 0 Å². The van der Waals surface area contributed by atoms with Crippen LogP contribution in [0.3, 0.4) is 0 Å². The highest BCUT2D eigenvalue weighted by Gasteiger charge is 2.33. The van der Waals surface area contributed by atoms with Gasteiger partial charge in [0.2, 0.25) is 10.0 Å². The lowest BCUT2D eigenvalue weighted by molar-refractivity contribution is -0.112. The Morgan fingerprint density at radius 3 is 2.20 bits per heavy atom. The normalized spacial score (nSPS) is 14.9. The largest absolute Gasteiger partial charge is 0.302 e. The third kappa shape index (κ3) is 4.17. The summed E-state index contributed by atoms with van der Waals surface area (Å²) in [5.74, 6) is -0.107. The van der Waals surface area contributed by atoms with Crippen LogP contribution in [-0.2, 0) is 27.8 Å². The predicted molar refractivity (Wildman–Crippen MR) is 117 cm³/mol. The van der Waals surface area contributed by atoms with Gasteiger partial charge in [-0.2, -0.15) is 0 Å². The van der Waals surface area contributed by atoms with Gasteiger partial charge in [0.05, 0.1) is 17.1 Å². The Morgan fingerprint density at radius 1 is 0.833 bits per heavy atom. The molecule has 1 amide bonds. The Balaban J connectivity index is 1.52. The molecule has 0 fully saturated rings. The van der Waals surface area contributed by atoms with Crippen LogP contribution in [0, 0.1) is 0 Å². The second-order valence-corrected chi connectivity index (χ2v) is 8.62. The molecule has 0 bridgehead atoms. The van der Waals surface area contributed by atoms with E-state index in [4.69, 9.17) is 5.14 Å². The Kier molecular flexibility index (Phi) is 5.48. The highest BCUT2D eigenvalue weighted by molar-refractivity contribution is 7.89. The van der Waals surface area contributed by atoms with Crippen molar-refractivity contribution in [3.8, 4) is 0 Å². The molecule has 0 atom stereocenters. The molecule has 0 saturated heterocycles. The van der Waals surface area contributed by atoms with Gasteiger partial charge in [0.25, 0.3) is 5.91 Å². The van der Waals surface area contributed by atoms with Gasteiger partial charge in [-0.1, -0.05) is 60.7 Å². The van der Waals surface area contributed by atoms with E-state index in [1.165, 1.54) is 12.1 Å². The molecule has 30 heavy (non-hydrogen) atoms. The van der Waals surface area contributed by atoms with E-state index in [1.54, 1.807) is 17.0 Å². The van der Waals surface area contributed by atoms with Crippen LogP contribution in [-0.4, -0.2) is 26.6 Å². The van der Waals surface area contributed by atoms with Gasteiger partial charge in [-0.3, -0.25) is 9.79 Å². The molecule has 0 spiro atoms. The number of primary sulfonamides is 1. The van der Waals surface area contributed by atoms with E-state index < -0.39 is 10.0 Å². The quantitative estimate of drug-likeness (QED) is 0.666. The first-order chi connectivity index (χ1) is 14.4.